The maximum absolute atomic E-state index is 13.4. The minimum Gasteiger partial charge on any atom is -0.395 e. The zero-order chi connectivity index (χ0) is 21.7. The van der Waals surface area contributed by atoms with Crippen LogP contribution in [0.5, 0.6) is 0 Å². The standard InChI is InChI=1S/C24H34N4O3/c25-16-19-1-3-20(4-2-19)17-27-9-6-21-15-22(28-10-13-31-14-11-28)5-7-24(21,18-27)23(30)26-8-12-29/h1-4,21-22,29H,5-15,17-18H2,(H,26,30)/t21-,22+,24-/m1/s1. The van der Waals surface area contributed by atoms with Crippen molar-refractivity contribution >= 4 is 5.91 Å². The summed E-state index contributed by atoms with van der Waals surface area (Å²) >= 11 is 0. The number of nitrogens with zero attached hydrogens (tertiary/aromatic N) is 3. The number of nitrogens with one attached hydrogen (secondary N) is 1. The van der Waals surface area contributed by atoms with Crippen LogP contribution in [0.2, 0.25) is 0 Å². The molecule has 2 saturated heterocycles. The molecule has 2 aliphatic heterocycles. The normalized spacial score (nSPS) is 29.7. The lowest BCUT2D eigenvalue weighted by molar-refractivity contribution is -0.145. The Kier molecular flexibility index (Phi) is 7.24. The maximum atomic E-state index is 13.4. The Bertz CT molecular complexity index is 787. The summed E-state index contributed by atoms with van der Waals surface area (Å²) in [4.78, 5) is 18.3. The molecule has 3 atom stereocenters. The van der Waals surface area contributed by atoms with E-state index in [-0.39, 0.29) is 17.9 Å². The van der Waals surface area contributed by atoms with E-state index in [2.05, 4.69) is 21.2 Å². The Balaban J connectivity index is 1.47. The van der Waals surface area contributed by atoms with Crippen molar-refractivity contribution in [3.05, 3.63) is 35.4 Å². The highest BCUT2D eigenvalue weighted by Crippen LogP contribution is 2.48. The van der Waals surface area contributed by atoms with Crippen molar-refractivity contribution in [3.63, 3.8) is 0 Å². The van der Waals surface area contributed by atoms with Gasteiger partial charge in [-0.1, -0.05) is 12.1 Å². The van der Waals surface area contributed by atoms with Gasteiger partial charge in [0.15, 0.2) is 0 Å². The van der Waals surface area contributed by atoms with Gasteiger partial charge in [0, 0.05) is 38.8 Å². The number of likely N-dealkylation sites (tertiary alicyclic amines) is 1. The van der Waals surface area contributed by atoms with E-state index in [0.717, 1.165) is 71.6 Å². The van der Waals surface area contributed by atoms with Crippen LogP contribution in [0.4, 0.5) is 0 Å². The number of benzene rings is 1. The smallest absolute Gasteiger partial charge is 0.227 e. The molecule has 3 aliphatic rings. The molecule has 3 fully saturated rings. The van der Waals surface area contributed by atoms with Crippen molar-refractivity contribution < 1.29 is 14.6 Å². The monoisotopic (exact) mass is 426 g/mol. The van der Waals surface area contributed by atoms with Crippen LogP contribution in [-0.4, -0.2) is 79.4 Å². The molecule has 1 saturated carbocycles. The van der Waals surface area contributed by atoms with Gasteiger partial charge in [0.05, 0.1) is 36.9 Å². The molecule has 0 aromatic heterocycles. The second kappa shape index (κ2) is 10.1. The largest absolute Gasteiger partial charge is 0.395 e. The Labute approximate surface area is 185 Å². The molecular formula is C24H34N4O3. The summed E-state index contributed by atoms with van der Waals surface area (Å²) < 4.78 is 5.53. The van der Waals surface area contributed by atoms with Gasteiger partial charge < -0.3 is 15.2 Å². The van der Waals surface area contributed by atoms with Gasteiger partial charge in [-0.3, -0.25) is 14.6 Å². The second-order valence-electron chi connectivity index (χ2n) is 9.22. The molecule has 0 spiro atoms. The summed E-state index contributed by atoms with van der Waals surface area (Å²) in [5, 5.41) is 21.3. The Morgan fingerprint density at radius 2 is 2.00 bits per heavy atom. The predicted octanol–water partition coefficient (Wildman–Crippen LogP) is 1.36. The van der Waals surface area contributed by atoms with Crippen molar-refractivity contribution in [2.45, 2.75) is 38.3 Å². The lowest BCUT2D eigenvalue weighted by atomic mass is 9.60. The van der Waals surface area contributed by atoms with Gasteiger partial charge in [0.1, 0.15) is 0 Å². The van der Waals surface area contributed by atoms with Gasteiger partial charge in [-0.25, -0.2) is 0 Å². The van der Waals surface area contributed by atoms with Crippen LogP contribution in [0.3, 0.4) is 0 Å². The maximum Gasteiger partial charge on any atom is 0.227 e. The van der Waals surface area contributed by atoms with Crippen molar-refractivity contribution in [1.29, 1.82) is 5.26 Å². The Morgan fingerprint density at radius 1 is 1.23 bits per heavy atom. The number of rotatable bonds is 6. The minimum atomic E-state index is -0.386. The molecule has 7 heteroatoms. The van der Waals surface area contributed by atoms with E-state index in [1.807, 2.05) is 24.3 Å². The minimum absolute atomic E-state index is 0.0299. The zero-order valence-electron chi connectivity index (χ0n) is 18.3. The van der Waals surface area contributed by atoms with Gasteiger partial charge in [-0.2, -0.15) is 5.26 Å². The number of nitriles is 1. The van der Waals surface area contributed by atoms with Crippen LogP contribution in [-0.2, 0) is 16.1 Å². The van der Waals surface area contributed by atoms with Crippen LogP contribution in [0, 0.1) is 22.7 Å². The van der Waals surface area contributed by atoms with Gasteiger partial charge in [0.25, 0.3) is 0 Å². The molecule has 1 aromatic rings. The van der Waals surface area contributed by atoms with E-state index >= 15 is 0 Å². The lowest BCUT2D eigenvalue weighted by Gasteiger charge is -2.53. The Morgan fingerprint density at radius 3 is 2.71 bits per heavy atom. The molecule has 1 aliphatic carbocycles. The van der Waals surface area contributed by atoms with E-state index in [1.54, 1.807) is 0 Å². The van der Waals surface area contributed by atoms with Crippen molar-refractivity contribution in [2.75, 3.05) is 52.5 Å². The highest BCUT2D eigenvalue weighted by Gasteiger charge is 2.52. The van der Waals surface area contributed by atoms with Crippen molar-refractivity contribution in [2.24, 2.45) is 11.3 Å². The van der Waals surface area contributed by atoms with E-state index in [0.29, 0.717) is 24.1 Å². The fraction of sp³-hybridized carbons (Fsp3) is 0.667. The molecule has 1 aromatic carbocycles. The number of fused-ring (bicyclic) bond motifs is 1. The van der Waals surface area contributed by atoms with Crippen molar-refractivity contribution in [1.82, 2.24) is 15.1 Å². The SMILES string of the molecule is N#Cc1ccc(CN2CC[C@@H]3C[C@@H](N4CCOCC4)CC[C@@]3(C(=O)NCCO)C2)cc1. The summed E-state index contributed by atoms with van der Waals surface area (Å²) in [6.07, 6.45) is 4.01. The molecule has 2 N–H and O–H groups in total. The first-order chi connectivity index (χ1) is 15.1. The fourth-order valence-electron chi connectivity index (χ4n) is 5.79. The predicted molar refractivity (Wildman–Crippen MR) is 117 cm³/mol. The third kappa shape index (κ3) is 4.93. The first-order valence-corrected chi connectivity index (χ1v) is 11.6. The number of piperidine rings is 1. The third-order valence-electron chi connectivity index (χ3n) is 7.46. The van der Waals surface area contributed by atoms with Gasteiger partial charge in [-0.15, -0.1) is 0 Å². The van der Waals surface area contributed by atoms with E-state index in [9.17, 15) is 9.90 Å². The topological polar surface area (TPSA) is 88.8 Å². The van der Waals surface area contributed by atoms with Gasteiger partial charge in [-0.05, 0) is 55.8 Å². The quantitative estimate of drug-likeness (QED) is 0.714. The number of carbonyl (C=O) groups is 1. The summed E-state index contributed by atoms with van der Waals surface area (Å²) in [5.74, 6) is 0.474. The Hall–Kier alpha value is -1.98. The molecule has 4 rings (SSSR count). The number of amides is 1. The average molecular weight is 427 g/mol. The second-order valence-corrected chi connectivity index (χ2v) is 9.22. The van der Waals surface area contributed by atoms with Crippen LogP contribution in [0.15, 0.2) is 24.3 Å². The highest BCUT2D eigenvalue weighted by molar-refractivity contribution is 5.83. The summed E-state index contributed by atoms with van der Waals surface area (Å²) in [7, 11) is 0. The zero-order valence-corrected chi connectivity index (χ0v) is 18.3. The number of hydrogen-bond donors (Lipinski definition) is 2. The molecule has 0 unspecified atom stereocenters. The fourth-order valence-corrected chi connectivity index (χ4v) is 5.79. The first-order valence-electron chi connectivity index (χ1n) is 11.6. The molecule has 1 amide bonds. The number of carbonyl (C=O) groups excluding carboxylic acids is 1. The molecule has 168 valence electrons. The summed E-state index contributed by atoms with van der Waals surface area (Å²) in [6.45, 7) is 6.41. The molecular weight excluding hydrogens is 392 g/mol. The van der Waals surface area contributed by atoms with Gasteiger partial charge in [0.2, 0.25) is 5.91 Å². The summed E-state index contributed by atoms with van der Waals surface area (Å²) in [5.41, 5.74) is 1.46. The number of hydrogen-bond acceptors (Lipinski definition) is 6. The molecule has 7 nitrogen and oxygen atoms in total. The molecule has 2 heterocycles. The van der Waals surface area contributed by atoms with E-state index in [4.69, 9.17) is 10.00 Å². The third-order valence-corrected chi connectivity index (χ3v) is 7.46. The van der Waals surface area contributed by atoms with Crippen molar-refractivity contribution in [3.8, 4) is 6.07 Å². The highest BCUT2D eigenvalue weighted by atomic mass is 16.5. The number of aliphatic hydroxyl groups excluding tert-OH is 1. The first kappa shape index (κ1) is 22.2. The van der Waals surface area contributed by atoms with Crippen LogP contribution >= 0.6 is 0 Å². The van der Waals surface area contributed by atoms with Gasteiger partial charge >= 0.3 is 0 Å². The van der Waals surface area contributed by atoms with Crippen LogP contribution in [0.1, 0.15) is 36.8 Å². The summed E-state index contributed by atoms with van der Waals surface area (Å²) in [6, 6.07) is 10.5. The van der Waals surface area contributed by atoms with Crippen LogP contribution in [0.25, 0.3) is 0 Å². The van der Waals surface area contributed by atoms with Crippen LogP contribution < -0.4 is 5.32 Å². The van der Waals surface area contributed by atoms with E-state index < -0.39 is 0 Å². The molecule has 31 heavy (non-hydrogen) atoms. The number of aliphatic hydroxyl groups is 1. The number of morpholine rings is 1. The molecule has 0 radical (unpaired) electrons. The average Bonchev–Trinajstić information content (AvgIpc) is 2.83. The van der Waals surface area contributed by atoms with E-state index in [1.165, 1.54) is 5.56 Å². The number of ether oxygens (including phenoxy) is 1. The lowest BCUT2D eigenvalue weighted by Crippen LogP contribution is -2.60. The molecule has 0 bridgehead atoms.